The van der Waals surface area contributed by atoms with Gasteiger partial charge in [-0.3, -0.25) is 4.79 Å². The number of alkyl halides is 2. The van der Waals surface area contributed by atoms with E-state index < -0.39 is 24.1 Å². The topological polar surface area (TPSA) is 87.1 Å². The third-order valence-electron chi connectivity index (χ3n) is 4.67. The van der Waals surface area contributed by atoms with Crippen LogP contribution >= 0.6 is 11.3 Å². The molecule has 0 aliphatic carbocycles. The second-order valence-electron chi connectivity index (χ2n) is 6.54. The molecule has 0 radical (unpaired) electrons. The lowest BCUT2D eigenvalue weighted by atomic mass is 9.92. The molecule has 3 amide bonds. The molecular weight excluding hydrogens is 416 g/mol. The Labute approximate surface area is 176 Å². The molecule has 1 N–H and O–H groups in total. The lowest BCUT2D eigenvalue weighted by molar-refractivity contribution is -0.131. The number of hydrogen-bond acceptors (Lipinski definition) is 7. The van der Waals surface area contributed by atoms with Crippen LogP contribution in [-0.4, -0.2) is 47.8 Å². The molecule has 1 aromatic heterocycles. The van der Waals surface area contributed by atoms with Crippen molar-refractivity contribution in [3.63, 3.8) is 0 Å². The fourth-order valence-corrected chi connectivity index (χ4v) is 3.89. The number of hydrogen-bond donors (Lipinski definition) is 1. The number of ether oxygens (including phenoxy) is 1. The number of hydrazone groups is 1. The second-order valence-corrected chi connectivity index (χ2v) is 7.58. The summed E-state index contributed by atoms with van der Waals surface area (Å²) in [5.41, 5.74) is -0.959. The van der Waals surface area contributed by atoms with Gasteiger partial charge >= 0.3 is 12.6 Å². The third-order valence-corrected chi connectivity index (χ3v) is 5.66. The molecular formula is C19H21F2N5O3S. The molecule has 8 nitrogen and oxygen atoms in total. The number of urea groups is 1. The SMILES string of the molecule is CCN(CC)c1ncc(/C=N/N2C(=O)NC(C)(c3ccc(OC(F)F)cc3)C2=O)s1. The van der Waals surface area contributed by atoms with Crippen molar-refractivity contribution in [1.82, 2.24) is 15.3 Å². The molecule has 2 heterocycles. The molecule has 1 unspecified atom stereocenters. The quantitative estimate of drug-likeness (QED) is 0.505. The maximum Gasteiger partial charge on any atom is 0.387 e. The van der Waals surface area contributed by atoms with Crippen molar-refractivity contribution in [2.24, 2.45) is 5.10 Å². The van der Waals surface area contributed by atoms with Crippen molar-refractivity contribution in [3.05, 3.63) is 40.9 Å². The van der Waals surface area contributed by atoms with Gasteiger partial charge in [0.25, 0.3) is 5.91 Å². The Morgan fingerprint density at radius 2 is 1.97 bits per heavy atom. The van der Waals surface area contributed by atoms with Gasteiger partial charge in [0.2, 0.25) is 0 Å². The van der Waals surface area contributed by atoms with Crippen LogP contribution < -0.4 is 15.0 Å². The minimum atomic E-state index is -2.95. The average molecular weight is 437 g/mol. The minimum Gasteiger partial charge on any atom is -0.435 e. The summed E-state index contributed by atoms with van der Waals surface area (Å²) < 4.78 is 28.9. The molecule has 11 heteroatoms. The maximum atomic E-state index is 12.9. The Hall–Kier alpha value is -3.08. The van der Waals surface area contributed by atoms with E-state index in [2.05, 4.69) is 25.0 Å². The number of imide groups is 1. The molecule has 1 atom stereocenters. The number of rotatable bonds is 8. The highest BCUT2D eigenvalue weighted by Gasteiger charge is 2.49. The summed E-state index contributed by atoms with van der Waals surface area (Å²) in [6, 6.07) is 4.83. The number of benzene rings is 1. The van der Waals surface area contributed by atoms with E-state index in [1.165, 1.54) is 48.7 Å². The first-order valence-electron chi connectivity index (χ1n) is 9.25. The molecule has 1 aliphatic heterocycles. The van der Waals surface area contributed by atoms with Gasteiger partial charge in [-0.1, -0.05) is 23.5 Å². The van der Waals surface area contributed by atoms with Crippen molar-refractivity contribution in [3.8, 4) is 5.75 Å². The number of aromatic nitrogens is 1. The predicted octanol–water partition coefficient (Wildman–Crippen LogP) is 3.39. The fraction of sp³-hybridized carbons (Fsp3) is 0.368. The van der Waals surface area contributed by atoms with Crippen LogP contribution in [0.25, 0.3) is 0 Å². The summed E-state index contributed by atoms with van der Waals surface area (Å²) >= 11 is 1.40. The summed E-state index contributed by atoms with van der Waals surface area (Å²) in [6.45, 7) is 4.26. The van der Waals surface area contributed by atoms with Gasteiger partial charge in [-0.25, -0.2) is 9.78 Å². The van der Waals surface area contributed by atoms with Crippen LogP contribution in [0.5, 0.6) is 5.75 Å². The molecule has 160 valence electrons. The lowest BCUT2D eigenvalue weighted by Crippen LogP contribution is -2.40. The Kier molecular flexibility index (Phi) is 6.30. The van der Waals surface area contributed by atoms with Crippen LogP contribution in [0.15, 0.2) is 35.6 Å². The van der Waals surface area contributed by atoms with Crippen molar-refractivity contribution in [1.29, 1.82) is 0 Å². The predicted molar refractivity (Wildman–Crippen MR) is 109 cm³/mol. The zero-order chi connectivity index (χ0) is 21.9. The number of nitrogens with zero attached hydrogens (tertiary/aromatic N) is 4. The number of carbonyl (C=O) groups excluding carboxylic acids is 2. The van der Waals surface area contributed by atoms with E-state index in [-0.39, 0.29) is 5.75 Å². The van der Waals surface area contributed by atoms with E-state index in [1.54, 1.807) is 6.20 Å². The first kappa shape index (κ1) is 21.6. The Morgan fingerprint density at radius 3 is 2.57 bits per heavy atom. The normalized spacial score (nSPS) is 19.1. The van der Waals surface area contributed by atoms with E-state index in [1.807, 2.05) is 13.8 Å². The number of thiazole rings is 1. The fourth-order valence-electron chi connectivity index (χ4n) is 2.99. The number of carbonyl (C=O) groups is 2. The van der Waals surface area contributed by atoms with Gasteiger partial charge in [0.15, 0.2) is 5.13 Å². The lowest BCUT2D eigenvalue weighted by Gasteiger charge is -2.21. The minimum absolute atomic E-state index is 0.0433. The van der Waals surface area contributed by atoms with Crippen LogP contribution in [0, 0.1) is 0 Å². The highest BCUT2D eigenvalue weighted by molar-refractivity contribution is 7.17. The summed E-state index contributed by atoms with van der Waals surface area (Å²) in [7, 11) is 0. The molecule has 30 heavy (non-hydrogen) atoms. The molecule has 1 fully saturated rings. The molecule has 1 saturated heterocycles. The highest BCUT2D eigenvalue weighted by atomic mass is 32.1. The molecule has 0 saturated carbocycles. The number of halogens is 2. The molecule has 0 spiro atoms. The summed E-state index contributed by atoms with van der Waals surface area (Å²) in [6.07, 6.45) is 3.04. The standard InChI is InChI=1S/C19H21F2N5O3S/c1-4-25(5-2)18-22-10-14(30-18)11-23-26-15(27)19(3,24-17(26)28)12-6-8-13(9-7-12)29-16(20)21/h6-11,16H,4-5H2,1-3H3,(H,24,28)/b23-11+. The third kappa shape index (κ3) is 4.25. The maximum absolute atomic E-state index is 12.9. The molecule has 1 aromatic carbocycles. The van der Waals surface area contributed by atoms with Gasteiger partial charge in [-0.15, -0.1) is 5.01 Å². The van der Waals surface area contributed by atoms with Gasteiger partial charge in [0, 0.05) is 19.3 Å². The van der Waals surface area contributed by atoms with E-state index >= 15 is 0 Å². The van der Waals surface area contributed by atoms with Gasteiger partial charge in [0.05, 0.1) is 11.1 Å². The van der Waals surface area contributed by atoms with Crippen molar-refractivity contribution < 1.29 is 23.1 Å². The van der Waals surface area contributed by atoms with Gasteiger partial charge in [0.1, 0.15) is 11.3 Å². The summed E-state index contributed by atoms with van der Waals surface area (Å²) in [4.78, 5) is 32.3. The van der Waals surface area contributed by atoms with Crippen LogP contribution in [0.4, 0.5) is 18.7 Å². The Balaban J connectivity index is 1.76. The van der Waals surface area contributed by atoms with Crippen LogP contribution in [-0.2, 0) is 10.3 Å². The van der Waals surface area contributed by atoms with E-state index in [0.717, 1.165) is 23.2 Å². The Morgan fingerprint density at radius 1 is 1.30 bits per heavy atom. The monoisotopic (exact) mass is 437 g/mol. The van der Waals surface area contributed by atoms with Crippen molar-refractivity contribution >= 4 is 34.6 Å². The average Bonchev–Trinajstić information content (AvgIpc) is 3.25. The number of amides is 3. The molecule has 3 rings (SSSR count). The Bertz CT molecular complexity index is 946. The smallest absolute Gasteiger partial charge is 0.387 e. The van der Waals surface area contributed by atoms with E-state index in [9.17, 15) is 18.4 Å². The second kappa shape index (κ2) is 8.74. The van der Waals surface area contributed by atoms with Gasteiger partial charge < -0.3 is 15.0 Å². The number of nitrogens with one attached hydrogen (secondary N) is 1. The summed E-state index contributed by atoms with van der Waals surface area (Å²) in [5, 5.41) is 8.21. The number of anilines is 1. The molecule has 2 aromatic rings. The zero-order valence-electron chi connectivity index (χ0n) is 16.6. The molecule has 0 bridgehead atoms. The van der Waals surface area contributed by atoms with Crippen LogP contribution in [0.1, 0.15) is 31.2 Å². The highest BCUT2D eigenvalue weighted by Crippen LogP contribution is 2.30. The first-order chi connectivity index (χ1) is 14.3. The van der Waals surface area contributed by atoms with Gasteiger partial charge in [-0.05, 0) is 38.5 Å². The summed E-state index contributed by atoms with van der Waals surface area (Å²) in [5.74, 6) is -0.627. The van der Waals surface area contributed by atoms with Crippen molar-refractivity contribution in [2.45, 2.75) is 32.9 Å². The van der Waals surface area contributed by atoms with Crippen LogP contribution in [0.2, 0.25) is 0 Å². The van der Waals surface area contributed by atoms with E-state index in [4.69, 9.17) is 0 Å². The molecule has 1 aliphatic rings. The van der Waals surface area contributed by atoms with Gasteiger partial charge in [-0.2, -0.15) is 13.9 Å². The van der Waals surface area contributed by atoms with E-state index in [0.29, 0.717) is 10.4 Å². The largest absolute Gasteiger partial charge is 0.435 e. The first-order valence-corrected chi connectivity index (χ1v) is 10.1. The van der Waals surface area contributed by atoms with Crippen LogP contribution in [0.3, 0.4) is 0 Å². The van der Waals surface area contributed by atoms with Crippen molar-refractivity contribution in [2.75, 3.05) is 18.0 Å². The zero-order valence-corrected chi connectivity index (χ0v) is 17.4.